The molecule has 1 aliphatic rings. The molecule has 2 N–H and O–H groups in total. The number of allylic oxidation sites excluding steroid dienone is 1. The molecule has 1 heterocycles. The van der Waals surface area contributed by atoms with Crippen molar-refractivity contribution in [2.24, 2.45) is 5.73 Å². The lowest BCUT2D eigenvalue weighted by Crippen LogP contribution is -2.05. The van der Waals surface area contributed by atoms with Crippen LogP contribution in [0.25, 0.3) is 0 Å². The Balaban J connectivity index is 2.36. The van der Waals surface area contributed by atoms with Gasteiger partial charge in [-0.1, -0.05) is 39.5 Å². The van der Waals surface area contributed by atoms with E-state index < -0.39 is 10.8 Å². The van der Waals surface area contributed by atoms with Crippen LogP contribution in [-0.2, 0) is 10.8 Å². The molecule has 0 aliphatic carbocycles. The molecule has 0 fully saturated rings. The largest absolute Gasteiger partial charge is 0.393 e. The van der Waals surface area contributed by atoms with Crippen LogP contribution < -0.4 is 5.73 Å². The molecule has 0 radical (unpaired) electrons. The molecule has 0 spiro atoms. The zero-order chi connectivity index (χ0) is 12.7. The smallest absolute Gasteiger partial charge is 0.0780 e. The third-order valence-corrected chi connectivity index (χ3v) is 6.03. The number of nitrogens with two attached hydrogens (primary N) is 1. The minimum absolute atomic E-state index is 0.585. The summed E-state index contributed by atoms with van der Waals surface area (Å²) in [6.45, 7) is 4.35. The summed E-state index contributed by atoms with van der Waals surface area (Å²) in [5.41, 5.74) is 6.00. The van der Waals surface area contributed by atoms with Gasteiger partial charge in [0.1, 0.15) is 0 Å². The van der Waals surface area contributed by atoms with E-state index in [9.17, 15) is 4.21 Å². The molecule has 0 saturated carbocycles. The molecule has 1 aliphatic heterocycles. The fraction of sp³-hybridized carbons (Fsp3) is 0.846. The first-order chi connectivity index (χ1) is 8.19. The highest BCUT2D eigenvalue weighted by atomic mass is 32.2. The van der Waals surface area contributed by atoms with Crippen molar-refractivity contribution < 1.29 is 4.21 Å². The van der Waals surface area contributed by atoms with Crippen molar-refractivity contribution in [2.75, 3.05) is 5.75 Å². The fourth-order valence-corrected chi connectivity index (χ4v) is 5.03. The van der Waals surface area contributed by atoms with Gasteiger partial charge >= 0.3 is 0 Å². The van der Waals surface area contributed by atoms with Gasteiger partial charge in [0.05, 0.1) is 15.8 Å². The number of thioether (sulfide) groups is 1. The second-order valence-corrected chi connectivity index (χ2v) is 7.56. The zero-order valence-electron chi connectivity index (χ0n) is 11.0. The predicted octanol–water partition coefficient (Wildman–Crippen LogP) is 3.75. The van der Waals surface area contributed by atoms with E-state index >= 15 is 0 Å². The summed E-state index contributed by atoms with van der Waals surface area (Å²) in [5.74, 6) is 0.786. The van der Waals surface area contributed by atoms with Crippen LogP contribution in [0, 0.1) is 0 Å². The number of hydrogen-bond acceptors (Lipinski definition) is 3. The van der Waals surface area contributed by atoms with Gasteiger partial charge < -0.3 is 5.73 Å². The first-order valence-electron chi connectivity index (χ1n) is 6.72. The lowest BCUT2D eigenvalue weighted by Gasteiger charge is -2.08. The quantitative estimate of drug-likeness (QED) is 0.686. The van der Waals surface area contributed by atoms with E-state index in [1.165, 1.54) is 25.7 Å². The summed E-state index contributed by atoms with van der Waals surface area (Å²) in [5, 5.41) is 1.43. The van der Waals surface area contributed by atoms with Gasteiger partial charge in [-0.2, -0.15) is 0 Å². The first-order valence-corrected chi connectivity index (χ1v) is 8.92. The van der Waals surface area contributed by atoms with Crippen LogP contribution in [0.3, 0.4) is 0 Å². The molecular formula is C13H25NOS2. The van der Waals surface area contributed by atoms with Gasteiger partial charge in [-0.3, -0.25) is 4.21 Å². The zero-order valence-corrected chi connectivity index (χ0v) is 12.7. The van der Waals surface area contributed by atoms with Gasteiger partial charge in [-0.05, 0) is 19.3 Å². The Hall–Kier alpha value is 0.0400. The molecule has 2 unspecified atom stereocenters. The van der Waals surface area contributed by atoms with Gasteiger partial charge in [-0.25, -0.2) is 0 Å². The van der Waals surface area contributed by atoms with Crippen molar-refractivity contribution in [2.45, 2.75) is 64.0 Å². The molecule has 4 heteroatoms. The summed E-state index contributed by atoms with van der Waals surface area (Å²) in [7, 11) is -0.820. The van der Waals surface area contributed by atoms with Crippen molar-refractivity contribution in [3.05, 3.63) is 9.93 Å². The van der Waals surface area contributed by atoms with Crippen molar-refractivity contribution in [1.82, 2.24) is 0 Å². The Morgan fingerprint density at radius 1 is 1.29 bits per heavy atom. The minimum Gasteiger partial charge on any atom is -0.393 e. The maximum Gasteiger partial charge on any atom is 0.0780 e. The first kappa shape index (κ1) is 15.1. The van der Waals surface area contributed by atoms with E-state index in [2.05, 4.69) is 13.8 Å². The van der Waals surface area contributed by atoms with E-state index in [0.717, 1.165) is 34.9 Å². The average Bonchev–Trinajstić information content (AvgIpc) is 2.68. The van der Waals surface area contributed by atoms with Gasteiger partial charge in [0, 0.05) is 15.9 Å². The van der Waals surface area contributed by atoms with Gasteiger partial charge in [0.25, 0.3) is 0 Å². The van der Waals surface area contributed by atoms with Crippen LogP contribution in [0.1, 0.15) is 58.8 Å². The van der Waals surface area contributed by atoms with Gasteiger partial charge in [0.2, 0.25) is 0 Å². The Labute approximate surface area is 112 Å². The Morgan fingerprint density at radius 3 is 2.65 bits per heavy atom. The van der Waals surface area contributed by atoms with E-state index in [4.69, 9.17) is 5.73 Å². The van der Waals surface area contributed by atoms with Gasteiger partial charge in [-0.15, -0.1) is 11.8 Å². The lowest BCUT2D eigenvalue weighted by molar-refractivity contribution is 0.646. The third kappa shape index (κ3) is 5.04. The van der Waals surface area contributed by atoms with Crippen LogP contribution in [0.5, 0.6) is 0 Å². The summed E-state index contributed by atoms with van der Waals surface area (Å²) in [4.78, 5) is 1.03. The highest BCUT2D eigenvalue weighted by Gasteiger charge is 2.26. The van der Waals surface area contributed by atoms with Crippen molar-refractivity contribution in [3.8, 4) is 0 Å². The van der Waals surface area contributed by atoms with Crippen molar-refractivity contribution in [1.29, 1.82) is 0 Å². The van der Waals surface area contributed by atoms with Crippen LogP contribution >= 0.6 is 11.8 Å². The second-order valence-electron chi connectivity index (χ2n) is 4.63. The average molecular weight is 275 g/mol. The van der Waals surface area contributed by atoms with Crippen molar-refractivity contribution >= 4 is 22.6 Å². The summed E-state index contributed by atoms with van der Waals surface area (Å²) in [6, 6.07) is 0. The SMILES string of the molecule is CCCCCC1CC(S(=O)CCCC)=C(N)S1. The van der Waals surface area contributed by atoms with E-state index in [-0.39, 0.29) is 0 Å². The molecule has 0 aromatic rings. The second kappa shape index (κ2) is 8.20. The van der Waals surface area contributed by atoms with Crippen LogP contribution in [-0.4, -0.2) is 15.2 Å². The van der Waals surface area contributed by atoms with E-state index in [0.29, 0.717) is 5.25 Å². The fourth-order valence-electron chi connectivity index (χ4n) is 1.98. The Morgan fingerprint density at radius 2 is 2.00 bits per heavy atom. The number of rotatable bonds is 8. The lowest BCUT2D eigenvalue weighted by atomic mass is 10.1. The highest BCUT2D eigenvalue weighted by molar-refractivity contribution is 8.05. The number of unbranched alkanes of at least 4 members (excludes halogenated alkanes) is 3. The summed E-state index contributed by atoms with van der Waals surface area (Å²) < 4.78 is 12.1. The maximum absolute atomic E-state index is 12.1. The molecule has 2 atom stereocenters. The molecule has 0 aromatic heterocycles. The maximum atomic E-state index is 12.1. The summed E-state index contributed by atoms with van der Waals surface area (Å²) >= 11 is 1.75. The number of hydrogen-bond donors (Lipinski definition) is 1. The molecule has 0 bridgehead atoms. The monoisotopic (exact) mass is 275 g/mol. The molecule has 0 aromatic carbocycles. The van der Waals surface area contributed by atoms with E-state index in [1.54, 1.807) is 11.8 Å². The molecule has 100 valence electrons. The topological polar surface area (TPSA) is 43.1 Å². The molecule has 17 heavy (non-hydrogen) atoms. The van der Waals surface area contributed by atoms with Crippen LogP contribution in [0.15, 0.2) is 9.93 Å². The molecule has 2 nitrogen and oxygen atoms in total. The van der Waals surface area contributed by atoms with E-state index in [1.807, 2.05) is 0 Å². The normalized spacial score (nSPS) is 22.1. The van der Waals surface area contributed by atoms with Crippen molar-refractivity contribution in [3.63, 3.8) is 0 Å². The third-order valence-electron chi connectivity index (χ3n) is 3.07. The van der Waals surface area contributed by atoms with Crippen LogP contribution in [0.4, 0.5) is 0 Å². The Kier molecular flexibility index (Phi) is 7.28. The molecular weight excluding hydrogens is 250 g/mol. The van der Waals surface area contributed by atoms with Crippen LogP contribution in [0.2, 0.25) is 0 Å². The van der Waals surface area contributed by atoms with Gasteiger partial charge in [0.15, 0.2) is 0 Å². The molecule has 0 saturated heterocycles. The molecule has 0 amide bonds. The molecule has 1 rings (SSSR count). The standard InChI is InChI=1S/C13H25NOS2/c1-3-5-7-8-11-10-12(13(14)16-11)17(15)9-6-4-2/h11H,3-10,14H2,1-2H3. The summed E-state index contributed by atoms with van der Waals surface area (Å²) in [6.07, 6.45) is 8.14. The predicted molar refractivity (Wildman–Crippen MR) is 79.3 cm³/mol. The minimum atomic E-state index is -0.820. The Bertz CT molecular complexity index is 289. The highest BCUT2D eigenvalue weighted by Crippen LogP contribution is 2.38.